The molecule has 0 aliphatic rings. The van der Waals surface area contributed by atoms with Crippen LogP contribution >= 0.6 is 0 Å². The zero-order chi connectivity index (χ0) is 13.5. The number of amides is 1. The van der Waals surface area contributed by atoms with Crippen LogP contribution < -0.4 is 10.5 Å². The molecule has 0 aliphatic heterocycles. The molecule has 0 fully saturated rings. The van der Waals surface area contributed by atoms with E-state index < -0.39 is 0 Å². The Morgan fingerprint density at radius 1 is 1.39 bits per heavy atom. The summed E-state index contributed by atoms with van der Waals surface area (Å²) in [6.07, 6.45) is 0.389. The molecule has 18 heavy (non-hydrogen) atoms. The van der Waals surface area contributed by atoms with Crippen molar-refractivity contribution in [1.82, 2.24) is 4.90 Å². The fourth-order valence-electron chi connectivity index (χ4n) is 1.69. The van der Waals surface area contributed by atoms with E-state index in [-0.39, 0.29) is 5.91 Å². The highest BCUT2D eigenvalue weighted by atomic mass is 16.5. The molecule has 1 amide bonds. The first kappa shape index (κ1) is 14.5. The highest BCUT2D eigenvalue weighted by Gasteiger charge is 2.07. The summed E-state index contributed by atoms with van der Waals surface area (Å²) in [6.45, 7) is 5.53. The molecule has 1 rings (SSSR count). The van der Waals surface area contributed by atoms with E-state index in [4.69, 9.17) is 10.5 Å². The molecule has 0 aliphatic carbocycles. The van der Waals surface area contributed by atoms with Crippen LogP contribution in [-0.4, -0.2) is 37.6 Å². The molecule has 1 aromatic rings. The fourth-order valence-corrected chi connectivity index (χ4v) is 1.69. The van der Waals surface area contributed by atoms with Crippen LogP contribution in [0.3, 0.4) is 0 Å². The Morgan fingerprint density at radius 2 is 2.11 bits per heavy atom. The molecule has 0 bridgehead atoms. The molecule has 4 nitrogen and oxygen atoms in total. The quantitative estimate of drug-likeness (QED) is 0.832. The van der Waals surface area contributed by atoms with Gasteiger partial charge in [-0.05, 0) is 25.5 Å². The number of hydrogen-bond acceptors (Lipinski definition) is 3. The summed E-state index contributed by atoms with van der Waals surface area (Å²) in [6, 6.07) is 6.07. The Morgan fingerprint density at radius 3 is 2.72 bits per heavy atom. The lowest BCUT2D eigenvalue weighted by atomic mass is 10.1. The van der Waals surface area contributed by atoms with Crippen molar-refractivity contribution in [3.8, 4) is 5.75 Å². The van der Waals surface area contributed by atoms with Crippen molar-refractivity contribution in [2.45, 2.75) is 20.3 Å². The highest BCUT2D eigenvalue weighted by Crippen LogP contribution is 2.18. The lowest BCUT2D eigenvalue weighted by Crippen LogP contribution is -2.32. The average molecular weight is 250 g/mol. The van der Waals surface area contributed by atoms with Crippen molar-refractivity contribution in [2.75, 3.05) is 26.7 Å². The maximum absolute atomic E-state index is 11.5. The molecule has 100 valence electrons. The molecule has 0 aromatic heterocycles. The summed E-state index contributed by atoms with van der Waals surface area (Å²) in [7, 11) is 1.77. The number of rotatable bonds is 6. The monoisotopic (exact) mass is 250 g/mol. The molecule has 4 heteroatoms. The number of nitrogens with two attached hydrogens (primary N) is 1. The maximum atomic E-state index is 11.5. The van der Waals surface area contributed by atoms with E-state index in [1.165, 1.54) is 5.56 Å². The van der Waals surface area contributed by atoms with Gasteiger partial charge in [-0.15, -0.1) is 0 Å². The van der Waals surface area contributed by atoms with Crippen molar-refractivity contribution >= 4 is 5.91 Å². The van der Waals surface area contributed by atoms with Crippen molar-refractivity contribution in [3.63, 3.8) is 0 Å². The number of likely N-dealkylation sites (N-methyl/N-ethyl adjacent to an activating group) is 1. The third kappa shape index (κ3) is 4.37. The summed E-state index contributed by atoms with van der Waals surface area (Å²) in [5.41, 5.74) is 7.68. The van der Waals surface area contributed by atoms with Crippen molar-refractivity contribution in [2.24, 2.45) is 5.73 Å². The van der Waals surface area contributed by atoms with Crippen LogP contribution in [0.1, 0.15) is 17.5 Å². The van der Waals surface area contributed by atoms with Gasteiger partial charge in [0.2, 0.25) is 5.91 Å². The van der Waals surface area contributed by atoms with Gasteiger partial charge in [-0.2, -0.15) is 0 Å². The van der Waals surface area contributed by atoms with E-state index in [1.54, 1.807) is 11.9 Å². The second-order valence-electron chi connectivity index (χ2n) is 4.47. The lowest BCUT2D eigenvalue weighted by Gasteiger charge is -2.17. The minimum atomic E-state index is 0.0572. The number of benzene rings is 1. The number of hydrogen-bond donors (Lipinski definition) is 1. The van der Waals surface area contributed by atoms with Gasteiger partial charge in [0, 0.05) is 20.0 Å². The summed E-state index contributed by atoms with van der Waals surface area (Å²) in [4.78, 5) is 13.1. The van der Waals surface area contributed by atoms with E-state index in [0.717, 1.165) is 11.3 Å². The minimum Gasteiger partial charge on any atom is -0.491 e. The van der Waals surface area contributed by atoms with Crippen LogP contribution in [0.2, 0.25) is 0 Å². The van der Waals surface area contributed by atoms with Gasteiger partial charge in [0.05, 0.1) is 6.54 Å². The highest BCUT2D eigenvalue weighted by molar-refractivity contribution is 5.75. The van der Waals surface area contributed by atoms with Gasteiger partial charge < -0.3 is 15.4 Å². The van der Waals surface area contributed by atoms with Gasteiger partial charge in [0.15, 0.2) is 0 Å². The molecule has 0 spiro atoms. The topological polar surface area (TPSA) is 55.6 Å². The first-order valence-corrected chi connectivity index (χ1v) is 6.18. The molecule has 0 saturated heterocycles. The third-order valence-electron chi connectivity index (χ3n) is 2.80. The van der Waals surface area contributed by atoms with Crippen LogP contribution in [0, 0.1) is 13.8 Å². The largest absolute Gasteiger partial charge is 0.491 e. The van der Waals surface area contributed by atoms with Crippen LogP contribution in [0.5, 0.6) is 5.75 Å². The Balaban J connectivity index is 2.39. The number of ether oxygens (including phenoxy) is 1. The smallest absolute Gasteiger partial charge is 0.223 e. The second-order valence-corrected chi connectivity index (χ2v) is 4.47. The van der Waals surface area contributed by atoms with Gasteiger partial charge in [-0.25, -0.2) is 0 Å². The summed E-state index contributed by atoms with van der Waals surface area (Å²) in [5.74, 6) is 0.932. The van der Waals surface area contributed by atoms with Gasteiger partial charge in [-0.1, -0.05) is 17.7 Å². The van der Waals surface area contributed by atoms with Crippen molar-refractivity contribution in [3.05, 3.63) is 29.3 Å². The Bertz CT molecular complexity index is 405. The minimum absolute atomic E-state index is 0.0572. The van der Waals surface area contributed by atoms with E-state index in [0.29, 0.717) is 26.1 Å². The summed E-state index contributed by atoms with van der Waals surface area (Å²) in [5, 5.41) is 0. The molecular weight excluding hydrogens is 228 g/mol. The molecule has 0 radical (unpaired) electrons. The molecule has 0 saturated carbocycles. The molecule has 2 N–H and O–H groups in total. The Labute approximate surface area is 109 Å². The third-order valence-corrected chi connectivity index (χ3v) is 2.80. The van der Waals surface area contributed by atoms with Crippen LogP contribution in [-0.2, 0) is 4.79 Å². The van der Waals surface area contributed by atoms with Crippen molar-refractivity contribution in [1.29, 1.82) is 0 Å². The number of nitrogens with zero attached hydrogens (tertiary/aromatic N) is 1. The Hall–Kier alpha value is -1.55. The van der Waals surface area contributed by atoms with Crippen LogP contribution in [0.4, 0.5) is 0 Å². The first-order valence-electron chi connectivity index (χ1n) is 6.18. The lowest BCUT2D eigenvalue weighted by molar-refractivity contribution is -0.130. The maximum Gasteiger partial charge on any atom is 0.223 e. The van der Waals surface area contributed by atoms with Gasteiger partial charge >= 0.3 is 0 Å². The summed E-state index contributed by atoms with van der Waals surface area (Å²) >= 11 is 0. The fraction of sp³-hybridized carbons (Fsp3) is 0.500. The van der Waals surface area contributed by atoms with Gasteiger partial charge in [0.25, 0.3) is 0 Å². The first-order chi connectivity index (χ1) is 8.54. The zero-order valence-electron chi connectivity index (χ0n) is 11.4. The Kier molecular flexibility index (Phi) is 5.65. The normalized spacial score (nSPS) is 10.2. The average Bonchev–Trinajstić information content (AvgIpc) is 2.32. The molecule has 0 atom stereocenters. The van der Waals surface area contributed by atoms with Gasteiger partial charge in [0.1, 0.15) is 12.4 Å². The van der Waals surface area contributed by atoms with Crippen LogP contribution in [0.15, 0.2) is 18.2 Å². The van der Waals surface area contributed by atoms with Crippen molar-refractivity contribution < 1.29 is 9.53 Å². The second kappa shape index (κ2) is 7.01. The predicted octanol–water partition coefficient (Wildman–Crippen LogP) is 1.49. The molecular formula is C14H22N2O2. The van der Waals surface area contributed by atoms with E-state index in [1.807, 2.05) is 19.1 Å². The number of aryl methyl sites for hydroxylation is 2. The standard InChI is InChI=1S/C14H22N2O2/c1-11-4-5-13(12(2)10-11)18-9-8-16(3)14(17)6-7-15/h4-5,10H,6-9,15H2,1-3H3. The molecule has 1 aromatic carbocycles. The zero-order valence-corrected chi connectivity index (χ0v) is 11.4. The number of carbonyl (C=O) groups is 1. The summed E-state index contributed by atoms with van der Waals surface area (Å²) < 4.78 is 5.67. The molecule has 0 heterocycles. The number of carbonyl (C=O) groups excluding carboxylic acids is 1. The van der Waals surface area contributed by atoms with E-state index in [2.05, 4.69) is 13.0 Å². The molecule has 0 unspecified atom stereocenters. The van der Waals surface area contributed by atoms with E-state index in [9.17, 15) is 4.79 Å². The van der Waals surface area contributed by atoms with E-state index >= 15 is 0 Å². The van der Waals surface area contributed by atoms with Gasteiger partial charge in [-0.3, -0.25) is 4.79 Å². The predicted molar refractivity (Wildman–Crippen MR) is 72.7 cm³/mol. The van der Waals surface area contributed by atoms with Crippen LogP contribution in [0.25, 0.3) is 0 Å². The SMILES string of the molecule is Cc1ccc(OCCN(C)C(=O)CCN)c(C)c1.